The van der Waals surface area contributed by atoms with Gasteiger partial charge in [0.05, 0.1) is 0 Å². The topological polar surface area (TPSA) is 57.8 Å². The van der Waals surface area contributed by atoms with Crippen LogP contribution >= 0.6 is 0 Å². The van der Waals surface area contributed by atoms with Gasteiger partial charge in [-0.15, -0.1) is 0 Å². The molecule has 0 atom stereocenters. The zero-order valence-electron chi connectivity index (χ0n) is 15.9. The average molecular weight is 367 g/mol. The molecule has 0 radical (unpaired) electrons. The maximum atomic E-state index is 12.3. The van der Waals surface area contributed by atoms with Crippen LogP contribution in [0.2, 0.25) is 0 Å². The highest BCUT2D eigenvalue weighted by Gasteiger charge is 2.31. The van der Waals surface area contributed by atoms with Gasteiger partial charge in [-0.1, -0.05) is 50.2 Å². The number of benzene rings is 2. The van der Waals surface area contributed by atoms with Gasteiger partial charge in [-0.2, -0.15) is 0 Å². The maximum absolute atomic E-state index is 12.3. The van der Waals surface area contributed by atoms with Crippen LogP contribution in [0.5, 0.6) is 0 Å². The Balaban J connectivity index is 1.67. The van der Waals surface area contributed by atoms with Crippen molar-refractivity contribution in [3.8, 4) is 22.3 Å². The number of pyridine rings is 1. The zero-order valence-corrected chi connectivity index (χ0v) is 15.9. The SMILES string of the molecule is CC1(C)CNC(=O)c2ccc(-c3c[nH]c4ncc(-c5ccccc5)cc34)cc21. The van der Waals surface area contributed by atoms with Crippen LogP contribution in [0.1, 0.15) is 29.8 Å². The Morgan fingerprint density at radius 2 is 1.75 bits per heavy atom. The van der Waals surface area contributed by atoms with E-state index in [9.17, 15) is 4.79 Å². The third-order valence-corrected chi connectivity index (χ3v) is 5.63. The third kappa shape index (κ3) is 2.61. The van der Waals surface area contributed by atoms with Crippen LogP contribution in [0, 0.1) is 0 Å². The lowest BCUT2D eigenvalue weighted by molar-refractivity contribution is 0.0930. The molecule has 3 heterocycles. The molecule has 1 aliphatic rings. The number of fused-ring (bicyclic) bond motifs is 2. The smallest absolute Gasteiger partial charge is 0.251 e. The van der Waals surface area contributed by atoms with Crippen LogP contribution in [-0.2, 0) is 5.41 Å². The van der Waals surface area contributed by atoms with E-state index in [4.69, 9.17) is 0 Å². The Bertz CT molecular complexity index is 1210. The summed E-state index contributed by atoms with van der Waals surface area (Å²) >= 11 is 0. The number of H-pyrrole nitrogens is 1. The number of aromatic amines is 1. The van der Waals surface area contributed by atoms with Crippen molar-refractivity contribution in [2.45, 2.75) is 19.3 Å². The van der Waals surface area contributed by atoms with E-state index >= 15 is 0 Å². The first-order valence-corrected chi connectivity index (χ1v) is 9.49. The van der Waals surface area contributed by atoms with Gasteiger partial charge in [-0.3, -0.25) is 4.79 Å². The molecule has 138 valence electrons. The Hall–Kier alpha value is -3.40. The molecule has 0 fully saturated rings. The molecule has 4 heteroatoms. The number of nitrogens with one attached hydrogen (secondary N) is 2. The molecule has 0 bridgehead atoms. The van der Waals surface area contributed by atoms with E-state index in [2.05, 4.69) is 53.4 Å². The predicted molar refractivity (Wildman–Crippen MR) is 112 cm³/mol. The lowest BCUT2D eigenvalue weighted by Crippen LogP contribution is -2.43. The van der Waals surface area contributed by atoms with Crippen LogP contribution in [-0.4, -0.2) is 22.4 Å². The number of aromatic nitrogens is 2. The summed E-state index contributed by atoms with van der Waals surface area (Å²) in [5, 5.41) is 4.07. The third-order valence-electron chi connectivity index (χ3n) is 5.63. The van der Waals surface area contributed by atoms with Crippen molar-refractivity contribution in [3.63, 3.8) is 0 Å². The fraction of sp³-hybridized carbons (Fsp3) is 0.167. The molecule has 1 amide bonds. The van der Waals surface area contributed by atoms with Gasteiger partial charge in [-0.25, -0.2) is 4.98 Å². The van der Waals surface area contributed by atoms with Crippen LogP contribution in [0.3, 0.4) is 0 Å². The Kier molecular flexibility index (Phi) is 3.63. The van der Waals surface area contributed by atoms with Crippen molar-refractivity contribution in [1.82, 2.24) is 15.3 Å². The highest BCUT2D eigenvalue weighted by Crippen LogP contribution is 2.36. The minimum absolute atomic E-state index is 0.00725. The second-order valence-electron chi connectivity index (χ2n) is 8.02. The summed E-state index contributed by atoms with van der Waals surface area (Å²) in [5.74, 6) is 0.00725. The molecule has 4 nitrogen and oxygen atoms in total. The van der Waals surface area contributed by atoms with Crippen LogP contribution in [0.15, 0.2) is 67.0 Å². The van der Waals surface area contributed by atoms with Crippen molar-refractivity contribution in [2.24, 2.45) is 0 Å². The molecule has 2 N–H and O–H groups in total. The van der Waals surface area contributed by atoms with Gasteiger partial charge in [0.1, 0.15) is 5.65 Å². The van der Waals surface area contributed by atoms with Crippen molar-refractivity contribution in [3.05, 3.63) is 78.1 Å². The average Bonchev–Trinajstić information content (AvgIpc) is 3.15. The number of amides is 1. The van der Waals surface area contributed by atoms with Gasteiger partial charge in [-0.05, 0) is 34.9 Å². The van der Waals surface area contributed by atoms with E-state index in [1.54, 1.807) is 0 Å². The first-order valence-electron chi connectivity index (χ1n) is 9.49. The lowest BCUT2D eigenvalue weighted by Gasteiger charge is -2.32. The Morgan fingerprint density at radius 3 is 2.57 bits per heavy atom. The molecule has 4 aromatic rings. The summed E-state index contributed by atoms with van der Waals surface area (Å²) in [5.41, 5.74) is 7.06. The Morgan fingerprint density at radius 1 is 0.929 bits per heavy atom. The minimum atomic E-state index is -0.0984. The molecule has 2 aromatic carbocycles. The summed E-state index contributed by atoms with van der Waals surface area (Å²) in [6, 6.07) is 18.6. The fourth-order valence-electron chi connectivity index (χ4n) is 3.99. The van der Waals surface area contributed by atoms with Gasteiger partial charge < -0.3 is 10.3 Å². The van der Waals surface area contributed by atoms with Gasteiger partial charge >= 0.3 is 0 Å². The lowest BCUT2D eigenvalue weighted by atomic mass is 9.78. The van der Waals surface area contributed by atoms with Gasteiger partial charge in [0.15, 0.2) is 0 Å². The zero-order chi connectivity index (χ0) is 19.3. The van der Waals surface area contributed by atoms with E-state index < -0.39 is 0 Å². The van der Waals surface area contributed by atoms with Crippen LogP contribution in [0.25, 0.3) is 33.3 Å². The van der Waals surface area contributed by atoms with E-state index in [0.717, 1.165) is 44.4 Å². The van der Waals surface area contributed by atoms with Crippen molar-refractivity contribution in [2.75, 3.05) is 6.54 Å². The number of carbonyl (C=O) groups excluding carboxylic acids is 1. The molecular formula is C24H21N3O. The molecular weight excluding hydrogens is 346 g/mol. The molecule has 0 saturated heterocycles. The van der Waals surface area contributed by atoms with Crippen molar-refractivity contribution >= 4 is 16.9 Å². The van der Waals surface area contributed by atoms with Gasteiger partial charge in [0.2, 0.25) is 0 Å². The molecule has 28 heavy (non-hydrogen) atoms. The maximum Gasteiger partial charge on any atom is 0.251 e. The summed E-state index contributed by atoms with van der Waals surface area (Å²) in [7, 11) is 0. The van der Waals surface area contributed by atoms with Gasteiger partial charge in [0.25, 0.3) is 5.91 Å². The normalized spacial score (nSPS) is 15.3. The first kappa shape index (κ1) is 16.8. The quantitative estimate of drug-likeness (QED) is 0.528. The van der Waals surface area contributed by atoms with E-state index in [0.29, 0.717) is 6.54 Å². The molecule has 5 rings (SSSR count). The van der Waals surface area contributed by atoms with E-state index in [-0.39, 0.29) is 11.3 Å². The predicted octanol–water partition coefficient (Wildman–Crippen LogP) is 4.92. The number of carbonyl (C=O) groups is 1. The minimum Gasteiger partial charge on any atom is -0.351 e. The van der Waals surface area contributed by atoms with Crippen molar-refractivity contribution in [1.29, 1.82) is 0 Å². The summed E-state index contributed by atoms with van der Waals surface area (Å²) in [6.07, 6.45) is 3.91. The van der Waals surface area contributed by atoms with Crippen molar-refractivity contribution < 1.29 is 4.79 Å². The Labute approximate surface area is 163 Å². The monoisotopic (exact) mass is 367 g/mol. The standard InChI is InChI=1S/C24H21N3O/c1-24(2)14-27-23(28)18-9-8-16(11-21(18)24)20-13-26-22-19(20)10-17(12-25-22)15-6-4-3-5-7-15/h3-13H,14H2,1-2H3,(H,25,26)(H,27,28). The highest BCUT2D eigenvalue weighted by molar-refractivity contribution is 6.00. The van der Waals surface area contributed by atoms with Gasteiger partial charge in [0, 0.05) is 46.4 Å². The van der Waals surface area contributed by atoms with Crippen LogP contribution < -0.4 is 5.32 Å². The number of nitrogens with zero attached hydrogens (tertiary/aromatic N) is 1. The number of rotatable bonds is 2. The van der Waals surface area contributed by atoms with E-state index in [1.165, 1.54) is 0 Å². The first-order chi connectivity index (χ1) is 13.5. The second kappa shape index (κ2) is 6.06. The molecule has 0 unspecified atom stereocenters. The molecule has 0 saturated carbocycles. The van der Waals surface area contributed by atoms with Crippen LogP contribution in [0.4, 0.5) is 0 Å². The molecule has 0 aliphatic carbocycles. The summed E-state index contributed by atoms with van der Waals surface area (Å²) < 4.78 is 0. The number of hydrogen-bond donors (Lipinski definition) is 2. The largest absolute Gasteiger partial charge is 0.351 e. The molecule has 0 spiro atoms. The summed E-state index contributed by atoms with van der Waals surface area (Å²) in [6.45, 7) is 4.98. The highest BCUT2D eigenvalue weighted by atomic mass is 16.1. The molecule has 2 aromatic heterocycles. The molecule has 1 aliphatic heterocycles. The fourth-order valence-corrected chi connectivity index (χ4v) is 3.99. The number of hydrogen-bond acceptors (Lipinski definition) is 2. The second-order valence-corrected chi connectivity index (χ2v) is 8.02. The summed E-state index contributed by atoms with van der Waals surface area (Å²) in [4.78, 5) is 20.2. The van der Waals surface area contributed by atoms with E-state index in [1.807, 2.05) is 42.7 Å².